The van der Waals surface area contributed by atoms with Crippen molar-refractivity contribution in [3.05, 3.63) is 35.4 Å². The number of benzene rings is 1. The van der Waals surface area contributed by atoms with Gasteiger partial charge in [0.15, 0.2) is 11.6 Å². The highest BCUT2D eigenvalue weighted by molar-refractivity contribution is 5.22. The first-order valence-electron chi connectivity index (χ1n) is 7.50. The first-order valence-corrected chi connectivity index (χ1v) is 7.50. The summed E-state index contributed by atoms with van der Waals surface area (Å²) in [5.74, 6) is -1.53. The molecule has 0 heterocycles. The van der Waals surface area contributed by atoms with Crippen LogP contribution in [-0.4, -0.2) is 31.6 Å². The molecule has 0 spiro atoms. The van der Waals surface area contributed by atoms with Crippen LogP contribution < -0.4 is 5.32 Å². The zero-order valence-electron chi connectivity index (χ0n) is 14.0. The second-order valence-electron chi connectivity index (χ2n) is 6.80. The smallest absolute Gasteiger partial charge is 0.163 e. The van der Waals surface area contributed by atoms with Crippen molar-refractivity contribution in [1.82, 2.24) is 10.2 Å². The number of nitrogens with zero attached hydrogens (tertiary/aromatic N) is 1. The highest BCUT2D eigenvalue weighted by Crippen LogP contribution is 2.25. The number of nitrogens with one attached hydrogen (secondary N) is 1. The van der Waals surface area contributed by atoms with E-state index in [0.717, 1.165) is 19.0 Å². The molecule has 0 amide bonds. The molecule has 0 fully saturated rings. The Bertz CT molecular complexity index is 455. The molecule has 2 atom stereocenters. The summed E-state index contributed by atoms with van der Waals surface area (Å²) in [6, 6.07) is 4.58. The average Bonchev–Trinajstić information content (AvgIpc) is 2.41. The van der Waals surface area contributed by atoms with Crippen LogP contribution in [-0.2, 0) is 0 Å². The molecule has 0 bridgehead atoms. The summed E-state index contributed by atoms with van der Waals surface area (Å²) in [5.41, 5.74) is 0.586. The van der Waals surface area contributed by atoms with E-state index < -0.39 is 11.6 Å². The SMILES string of the molecule is CNC(CCN(C)C(C)C(C)(C)C)c1cccc(F)c1F. The quantitative estimate of drug-likeness (QED) is 0.854. The first-order chi connectivity index (χ1) is 9.68. The molecule has 0 aliphatic rings. The van der Waals surface area contributed by atoms with E-state index in [-0.39, 0.29) is 11.5 Å². The summed E-state index contributed by atoms with van der Waals surface area (Å²) >= 11 is 0. The van der Waals surface area contributed by atoms with Crippen LogP contribution in [0.3, 0.4) is 0 Å². The summed E-state index contributed by atoms with van der Waals surface area (Å²) in [6.45, 7) is 9.62. The number of hydrogen-bond donors (Lipinski definition) is 1. The minimum absolute atomic E-state index is 0.185. The van der Waals surface area contributed by atoms with Gasteiger partial charge in [0.1, 0.15) is 0 Å². The van der Waals surface area contributed by atoms with Gasteiger partial charge in [-0.2, -0.15) is 0 Å². The zero-order valence-corrected chi connectivity index (χ0v) is 14.0. The molecule has 0 saturated heterocycles. The van der Waals surface area contributed by atoms with Gasteiger partial charge in [-0.15, -0.1) is 0 Å². The predicted molar refractivity (Wildman–Crippen MR) is 84.3 cm³/mol. The molecule has 120 valence electrons. The molecule has 4 heteroatoms. The van der Waals surface area contributed by atoms with Crippen molar-refractivity contribution < 1.29 is 8.78 Å². The molecule has 2 nitrogen and oxygen atoms in total. The van der Waals surface area contributed by atoms with Crippen molar-refractivity contribution in [2.24, 2.45) is 5.41 Å². The second kappa shape index (κ2) is 7.32. The van der Waals surface area contributed by atoms with Gasteiger partial charge in [0, 0.05) is 17.6 Å². The molecule has 0 aliphatic heterocycles. The van der Waals surface area contributed by atoms with Crippen LogP contribution in [0, 0.1) is 17.0 Å². The molecule has 1 N–H and O–H groups in total. The first kappa shape index (κ1) is 18.1. The third kappa shape index (κ3) is 4.75. The van der Waals surface area contributed by atoms with Crippen molar-refractivity contribution in [3.63, 3.8) is 0 Å². The summed E-state index contributed by atoms with van der Waals surface area (Å²) in [4.78, 5) is 2.27. The molecular weight excluding hydrogens is 270 g/mol. The molecule has 0 saturated carbocycles. The Morgan fingerprint density at radius 3 is 2.38 bits per heavy atom. The Morgan fingerprint density at radius 1 is 1.24 bits per heavy atom. The van der Waals surface area contributed by atoms with E-state index >= 15 is 0 Å². The Morgan fingerprint density at radius 2 is 1.86 bits per heavy atom. The van der Waals surface area contributed by atoms with E-state index in [2.05, 4.69) is 45.0 Å². The summed E-state index contributed by atoms with van der Waals surface area (Å²) in [5, 5.41) is 3.09. The van der Waals surface area contributed by atoms with Gasteiger partial charge < -0.3 is 10.2 Å². The maximum Gasteiger partial charge on any atom is 0.163 e. The highest BCUT2D eigenvalue weighted by Gasteiger charge is 2.25. The summed E-state index contributed by atoms with van der Waals surface area (Å²) < 4.78 is 27.2. The average molecular weight is 298 g/mol. The molecule has 1 aromatic carbocycles. The summed E-state index contributed by atoms with van der Waals surface area (Å²) in [7, 11) is 3.85. The van der Waals surface area contributed by atoms with Gasteiger partial charge in [0.05, 0.1) is 0 Å². The minimum atomic E-state index is -0.788. The normalized spacial score (nSPS) is 15.3. The molecule has 21 heavy (non-hydrogen) atoms. The van der Waals surface area contributed by atoms with Gasteiger partial charge >= 0.3 is 0 Å². The Kier molecular flexibility index (Phi) is 6.29. The van der Waals surface area contributed by atoms with Crippen LogP contribution in [0.2, 0.25) is 0 Å². The third-order valence-electron chi connectivity index (χ3n) is 4.39. The Labute approximate surface area is 127 Å². The largest absolute Gasteiger partial charge is 0.313 e. The minimum Gasteiger partial charge on any atom is -0.313 e. The number of halogens is 2. The van der Waals surface area contributed by atoms with E-state index in [1.54, 1.807) is 19.2 Å². The van der Waals surface area contributed by atoms with Crippen molar-refractivity contribution >= 4 is 0 Å². The van der Waals surface area contributed by atoms with Crippen LogP contribution >= 0.6 is 0 Å². The van der Waals surface area contributed by atoms with E-state index in [9.17, 15) is 8.78 Å². The lowest BCUT2D eigenvalue weighted by Gasteiger charge is -2.36. The Hall–Kier alpha value is -1.00. The fourth-order valence-corrected chi connectivity index (χ4v) is 2.43. The van der Waals surface area contributed by atoms with Crippen LogP contribution in [0.25, 0.3) is 0 Å². The number of rotatable bonds is 6. The van der Waals surface area contributed by atoms with Crippen molar-refractivity contribution in [2.75, 3.05) is 20.6 Å². The van der Waals surface area contributed by atoms with E-state index in [1.165, 1.54) is 0 Å². The standard InChI is InChI=1S/C17H28F2N2/c1-12(17(2,3)4)21(6)11-10-15(20-5)13-8-7-9-14(18)16(13)19/h7-9,12,15,20H,10-11H2,1-6H3. The highest BCUT2D eigenvalue weighted by atomic mass is 19.2. The monoisotopic (exact) mass is 298 g/mol. The fourth-order valence-electron chi connectivity index (χ4n) is 2.43. The van der Waals surface area contributed by atoms with Crippen LogP contribution in [0.1, 0.15) is 45.7 Å². The van der Waals surface area contributed by atoms with Crippen molar-refractivity contribution in [2.45, 2.75) is 46.2 Å². The predicted octanol–water partition coefficient (Wildman–Crippen LogP) is 3.98. The fraction of sp³-hybridized carbons (Fsp3) is 0.647. The number of hydrogen-bond acceptors (Lipinski definition) is 2. The van der Waals surface area contributed by atoms with Gasteiger partial charge in [-0.1, -0.05) is 32.9 Å². The van der Waals surface area contributed by atoms with Gasteiger partial charge in [0.25, 0.3) is 0 Å². The van der Waals surface area contributed by atoms with Crippen molar-refractivity contribution in [3.8, 4) is 0 Å². The van der Waals surface area contributed by atoms with Crippen LogP contribution in [0.4, 0.5) is 8.78 Å². The second-order valence-corrected chi connectivity index (χ2v) is 6.80. The van der Waals surface area contributed by atoms with E-state index in [4.69, 9.17) is 0 Å². The van der Waals surface area contributed by atoms with Crippen molar-refractivity contribution in [1.29, 1.82) is 0 Å². The molecule has 1 aromatic rings. The molecular formula is C17H28F2N2. The Balaban J connectivity index is 2.74. The third-order valence-corrected chi connectivity index (χ3v) is 4.39. The summed E-state index contributed by atoms with van der Waals surface area (Å²) in [6.07, 6.45) is 0.730. The maximum atomic E-state index is 13.9. The van der Waals surface area contributed by atoms with Gasteiger partial charge in [-0.25, -0.2) is 8.78 Å². The van der Waals surface area contributed by atoms with E-state index in [1.807, 2.05) is 0 Å². The maximum absolute atomic E-state index is 13.9. The lowest BCUT2D eigenvalue weighted by Crippen LogP contribution is -2.40. The van der Waals surface area contributed by atoms with Crippen LogP contribution in [0.15, 0.2) is 18.2 Å². The van der Waals surface area contributed by atoms with E-state index in [0.29, 0.717) is 11.6 Å². The van der Waals surface area contributed by atoms with Gasteiger partial charge in [-0.05, 0) is 45.5 Å². The molecule has 0 aromatic heterocycles. The molecule has 2 unspecified atom stereocenters. The van der Waals surface area contributed by atoms with Gasteiger partial charge in [0.2, 0.25) is 0 Å². The lowest BCUT2D eigenvalue weighted by molar-refractivity contribution is 0.136. The topological polar surface area (TPSA) is 15.3 Å². The van der Waals surface area contributed by atoms with Gasteiger partial charge in [-0.3, -0.25) is 0 Å². The molecule has 0 radical (unpaired) electrons. The molecule has 1 rings (SSSR count). The zero-order chi connectivity index (χ0) is 16.2. The lowest BCUT2D eigenvalue weighted by atomic mass is 9.87. The van der Waals surface area contributed by atoms with Crippen LogP contribution in [0.5, 0.6) is 0 Å². The molecule has 0 aliphatic carbocycles.